The third-order valence-corrected chi connectivity index (χ3v) is 1.87. The summed E-state index contributed by atoms with van der Waals surface area (Å²) in [5, 5.41) is 8.79. The minimum atomic E-state index is 0.217. The highest BCUT2D eigenvalue weighted by molar-refractivity contribution is 5.65. The predicted molar refractivity (Wildman–Crippen MR) is 51.8 cm³/mol. The van der Waals surface area contributed by atoms with E-state index in [-0.39, 0.29) is 6.61 Å². The second kappa shape index (κ2) is 4.73. The first kappa shape index (κ1) is 9.01. The van der Waals surface area contributed by atoms with E-state index in [1.807, 2.05) is 31.2 Å². The maximum absolute atomic E-state index is 8.79. The minimum Gasteiger partial charge on any atom is -0.396 e. The van der Waals surface area contributed by atoms with Crippen LogP contribution in [-0.4, -0.2) is 11.7 Å². The summed E-state index contributed by atoms with van der Waals surface area (Å²) in [7, 11) is 0. The van der Waals surface area contributed by atoms with Crippen molar-refractivity contribution in [3.05, 3.63) is 42.0 Å². The van der Waals surface area contributed by atoms with Crippen molar-refractivity contribution < 1.29 is 5.11 Å². The van der Waals surface area contributed by atoms with E-state index in [2.05, 4.69) is 12.1 Å². The van der Waals surface area contributed by atoms with Crippen molar-refractivity contribution in [2.24, 2.45) is 0 Å². The van der Waals surface area contributed by atoms with Crippen molar-refractivity contribution in [2.45, 2.75) is 13.3 Å². The number of aliphatic hydroxyl groups is 1. The fraction of sp³-hybridized carbons (Fsp3) is 0.273. The van der Waals surface area contributed by atoms with Crippen LogP contribution in [0.3, 0.4) is 0 Å². The zero-order valence-corrected chi connectivity index (χ0v) is 7.33. The number of allylic oxidation sites excluding steroid dienone is 1. The van der Waals surface area contributed by atoms with Crippen LogP contribution in [-0.2, 0) is 0 Å². The molecule has 0 saturated heterocycles. The maximum Gasteiger partial charge on any atom is 0.0471 e. The first-order chi connectivity index (χ1) is 5.88. The molecule has 12 heavy (non-hydrogen) atoms. The lowest BCUT2D eigenvalue weighted by atomic mass is 10.0. The van der Waals surface area contributed by atoms with Gasteiger partial charge in [-0.1, -0.05) is 36.4 Å². The summed E-state index contributed by atoms with van der Waals surface area (Å²) in [6.07, 6.45) is 2.78. The van der Waals surface area contributed by atoms with E-state index in [9.17, 15) is 0 Å². The smallest absolute Gasteiger partial charge is 0.0471 e. The van der Waals surface area contributed by atoms with E-state index in [0.717, 1.165) is 6.42 Å². The number of hydrogen-bond acceptors (Lipinski definition) is 1. The highest BCUT2D eigenvalue weighted by Crippen LogP contribution is 2.16. The lowest BCUT2D eigenvalue weighted by Gasteiger charge is -2.03. The lowest BCUT2D eigenvalue weighted by molar-refractivity contribution is 0.305. The Morgan fingerprint density at radius 2 is 2.00 bits per heavy atom. The van der Waals surface area contributed by atoms with E-state index in [1.165, 1.54) is 11.1 Å². The highest BCUT2D eigenvalue weighted by atomic mass is 16.2. The van der Waals surface area contributed by atoms with Crippen molar-refractivity contribution in [3.63, 3.8) is 0 Å². The van der Waals surface area contributed by atoms with Gasteiger partial charge in [-0.15, -0.1) is 0 Å². The Morgan fingerprint density at radius 3 is 2.50 bits per heavy atom. The van der Waals surface area contributed by atoms with Gasteiger partial charge in [0, 0.05) is 6.61 Å². The van der Waals surface area contributed by atoms with E-state index < -0.39 is 0 Å². The Hall–Kier alpha value is -1.08. The molecule has 0 fully saturated rings. The van der Waals surface area contributed by atoms with Gasteiger partial charge in [-0.05, 0) is 24.5 Å². The molecule has 0 heterocycles. The molecular formula is C11H14O. The summed E-state index contributed by atoms with van der Waals surface area (Å²) in [4.78, 5) is 0. The largest absolute Gasteiger partial charge is 0.396 e. The fourth-order valence-electron chi connectivity index (χ4n) is 1.23. The number of rotatable bonds is 3. The quantitative estimate of drug-likeness (QED) is 0.724. The van der Waals surface area contributed by atoms with Gasteiger partial charge in [0.15, 0.2) is 0 Å². The van der Waals surface area contributed by atoms with Crippen LogP contribution in [0, 0.1) is 0 Å². The molecule has 0 aliphatic heterocycles. The van der Waals surface area contributed by atoms with Crippen molar-refractivity contribution in [2.75, 3.05) is 6.61 Å². The summed E-state index contributed by atoms with van der Waals surface area (Å²) in [5.74, 6) is 0. The number of aliphatic hydroxyl groups excluding tert-OH is 1. The third-order valence-electron chi connectivity index (χ3n) is 1.87. The summed E-state index contributed by atoms with van der Waals surface area (Å²) >= 11 is 0. The van der Waals surface area contributed by atoms with Crippen LogP contribution in [0.4, 0.5) is 0 Å². The summed E-state index contributed by atoms with van der Waals surface area (Å²) < 4.78 is 0. The molecule has 0 aliphatic rings. The zero-order valence-electron chi connectivity index (χ0n) is 7.33. The summed E-state index contributed by atoms with van der Waals surface area (Å²) in [6, 6.07) is 10.1. The molecule has 1 aromatic rings. The van der Waals surface area contributed by atoms with Crippen molar-refractivity contribution >= 4 is 5.57 Å². The molecule has 0 bridgehead atoms. The number of hydrogen-bond donors (Lipinski definition) is 1. The van der Waals surface area contributed by atoms with Crippen LogP contribution in [0.2, 0.25) is 0 Å². The zero-order chi connectivity index (χ0) is 8.81. The molecule has 0 atom stereocenters. The lowest BCUT2D eigenvalue weighted by Crippen LogP contribution is -1.87. The van der Waals surface area contributed by atoms with Gasteiger partial charge >= 0.3 is 0 Å². The molecule has 1 nitrogen and oxygen atoms in total. The minimum absolute atomic E-state index is 0.217. The van der Waals surface area contributed by atoms with Crippen LogP contribution in [0.1, 0.15) is 18.9 Å². The summed E-state index contributed by atoms with van der Waals surface area (Å²) in [6.45, 7) is 2.21. The Kier molecular flexibility index (Phi) is 3.55. The molecule has 64 valence electrons. The molecule has 0 radical (unpaired) electrons. The molecule has 0 aliphatic carbocycles. The van der Waals surface area contributed by atoms with Gasteiger partial charge in [-0.3, -0.25) is 0 Å². The molecule has 1 rings (SSSR count). The van der Waals surface area contributed by atoms with Gasteiger partial charge in [-0.25, -0.2) is 0 Å². The molecular weight excluding hydrogens is 148 g/mol. The van der Waals surface area contributed by atoms with Crippen LogP contribution < -0.4 is 0 Å². The SMILES string of the molecule is CC=C(CCO)c1ccccc1. The molecule has 0 saturated carbocycles. The molecule has 0 spiro atoms. The highest BCUT2D eigenvalue weighted by Gasteiger charge is 1.97. The molecule has 1 heteroatoms. The molecule has 1 aromatic carbocycles. The summed E-state index contributed by atoms with van der Waals surface area (Å²) in [5.41, 5.74) is 2.41. The Bertz CT molecular complexity index is 249. The Morgan fingerprint density at radius 1 is 1.33 bits per heavy atom. The third kappa shape index (κ3) is 2.21. The standard InChI is InChI=1S/C11H14O/c1-2-10(8-9-12)11-6-4-3-5-7-11/h2-7,12H,8-9H2,1H3. The monoisotopic (exact) mass is 162 g/mol. The average Bonchev–Trinajstić information content (AvgIpc) is 2.15. The van der Waals surface area contributed by atoms with Gasteiger partial charge < -0.3 is 5.11 Å². The first-order valence-electron chi connectivity index (χ1n) is 4.20. The van der Waals surface area contributed by atoms with E-state index in [0.29, 0.717) is 0 Å². The second-order valence-electron chi connectivity index (χ2n) is 2.65. The topological polar surface area (TPSA) is 20.2 Å². The van der Waals surface area contributed by atoms with Crippen molar-refractivity contribution in [3.8, 4) is 0 Å². The van der Waals surface area contributed by atoms with E-state index in [1.54, 1.807) is 0 Å². The van der Waals surface area contributed by atoms with Gasteiger partial charge in [-0.2, -0.15) is 0 Å². The van der Waals surface area contributed by atoms with Gasteiger partial charge in [0.2, 0.25) is 0 Å². The fourth-order valence-corrected chi connectivity index (χ4v) is 1.23. The van der Waals surface area contributed by atoms with Gasteiger partial charge in [0.05, 0.1) is 0 Å². The van der Waals surface area contributed by atoms with Crippen molar-refractivity contribution in [1.82, 2.24) is 0 Å². The molecule has 0 aromatic heterocycles. The molecule has 0 unspecified atom stereocenters. The van der Waals surface area contributed by atoms with Crippen molar-refractivity contribution in [1.29, 1.82) is 0 Å². The van der Waals surface area contributed by atoms with Crippen LogP contribution in [0.15, 0.2) is 36.4 Å². The maximum atomic E-state index is 8.79. The average molecular weight is 162 g/mol. The van der Waals surface area contributed by atoms with Gasteiger partial charge in [0.1, 0.15) is 0 Å². The predicted octanol–water partition coefficient (Wildman–Crippen LogP) is 2.47. The number of benzene rings is 1. The van der Waals surface area contributed by atoms with Crippen LogP contribution in [0.25, 0.3) is 5.57 Å². The van der Waals surface area contributed by atoms with E-state index in [4.69, 9.17) is 5.11 Å². The molecule has 1 N–H and O–H groups in total. The Labute approximate surface area is 73.4 Å². The molecule has 0 amide bonds. The normalized spacial score (nSPS) is 11.7. The van der Waals surface area contributed by atoms with E-state index >= 15 is 0 Å². The van der Waals surface area contributed by atoms with Crippen LogP contribution >= 0.6 is 0 Å². The Balaban J connectivity index is 2.82. The second-order valence-corrected chi connectivity index (χ2v) is 2.65. The van der Waals surface area contributed by atoms with Gasteiger partial charge in [0.25, 0.3) is 0 Å². The first-order valence-corrected chi connectivity index (χ1v) is 4.20. The van der Waals surface area contributed by atoms with Crippen LogP contribution in [0.5, 0.6) is 0 Å².